The van der Waals surface area contributed by atoms with Crippen LogP contribution in [0, 0.1) is 13.8 Å². The number of carbonyl (C=O) groups excluding carboxylic acids is 1. The van der Waals surface area contributed by atoms with Crippen LogP contribution < -0.4 is 10.1 Å². The van der Waals surface area contributed by atoms with E-state index >= 15 is 0 Å². The lowest BCUT2D eigenvalue weighted by Crippen LogP contribution is -2.44. The number of alkyl carbamates (subject to hydrolysis) is 1. The van der Waals surface area contributed by atoms with E-state index in [1.165, 1.54) is 0 Å². The van der Waals surface area contributed by atoms with Crippen LogP contribution in [0.1, 0.15) is 50.5 Å². The first kappa shape index (κ1) is 61.8. The molecule has 1 N–H and O–H groups in total. The van der Waals surface area contributed by atoms with Gasteiger partial charge in [-0.1, -0.05) is 28.9 Å². The Morgan fingerprint density at radius 1 is 0.680 bits per heavy atom. The molecule has 0 unspecified atom stereocenters. The third kappa shape index (κ3) is 24.9. The van der Waals surface area contributed by atoms with Crippen molar-refractivity contribution >= 4 is 28.7 Å². The highest BCUT2D eigenvalue weighted by Crippen LogP contribution is 2.31. The lowest BCUT2D eigenvalue weighted by molar-refractivity contribution is -0.0266. The number of morpholine rings is 1. The Morgan fingerprint density at radius 2 is 1.19 bits per heavy atom. The molecule has 0 radical (unpaired) electrons. The van der Waals surface area contributed by atoms with Crippen molar-refractivity contribution in [2.24, 2.45) is 0 Å². The van der Waals surface area contributed by atoms with Crippen LogP contribution in [0.4, 0.5) is 4.79 Å². The van der Waals surface area contributed by atoms with Crippen LogP contribution in [0.3, 0.4) is 0 Å². The van der Waals surface area contributed by atoms with Crippen molar-refractivity contribution in [2.45, 2.75) is 72.6 Å². The average Bonchev–Trinajstić information content (AvgIpc) is 3.91. The quantitative estimate of drug-likeness (QED) is 0.0470. The Kier molecular flexibility index (Phi) is 29.8. The second kappa shape index (κ2) is 36.2. The summed E-state index contributed by atoms with van der Waals surface area (Å²) in [5.74, 6) is 2.46. The molecule has 75 heavy (non-hydrogen) atoms. The van der Waals surface area contributed by atoms with Gasteiger partial charge in [0.2, 0.25) is 0 Å². The first-order chi connectivity index (χ1) is 36.5. The van der Waals surface area contributed by atoms with E-state index in [4.69, 9.17) is 82.7 Å². The van der Waals surface area contributed by atoms with E-state index in [0.29, 0.717) is 162 Å². The predicted octanol–water partition coefficient (Wildman–Crippen LogP) is 6.54. The standard InChI is InChI=1S/C54H84ClN5O15/c1-42(59-14-17-63-18-15-59)41-60-49-10-9-46(52-43(2)58-75-44(52)3)40-48(49)57-51(60)12-8-45-7-11-50(47(55)39-45)73-38-37-72-36-35-71-34-33-70-32-31-69-30-29-68-28-27-67-26-25-66-24-23-65-22-21-64-20-19-62-16-13-56-53(61)74-54(4,5)6/h7,9-11,39-40,42H,8,12-38,41H2,1-6H3,(H,56,61)/t42-/m0/s1. The van der Waals surface area contributed by atoms with E-state index in [0.717, 1.165) is 90.7 Å². The van der Waals surface area contributed by atoms with Crippen LogP contribution in [0.25, 0.3) is 22.2 Å². The molecule has 2 aromatic carbocycles. The maximum absolute atomic E-state index is 11.6. The van der Waals surface area contributed by atoms with Crippen LogP contribution in [0.5, 0.6) is 5.75 Å². The largest absolute Gasteiger partial charge is 0.490 e. The summed E-state index contributed by atoms with van der Waals surface area (Å²) in [5, 5.41) is 7.37. The summed E-state index contributed by atoms with van der Waals surface area (Å²) in [6, 6.07) is 12.8. The van der Waals surface area contributed by atoms with Crippen LogP contribution in [-0.2, 0) is 76.2 Å². The summed E-state index contributed by atoms with van der Waals surface area (Å²) >= 11 is 6.71. The van der Waals surface area contributed by atoms with E-state index in [1.54, 1.807) is 0 Å². The minimum absolute atomic E-state index is 0.329. The number of carbonyl (C=O) groups is 1. The Bertz CT molecular complexity index is 2150. The van der Waals surface area contributed by atoms with E-state index in [2.05, 4.69) is 51.1 Å². The van der Waals surface area contributed by atoms with Gasteiger partial charge < -0.3 is 76.0 Å². The number of nitrogens with zero attached hydrogens (tertiary/aromatic N) is 4. The molecule has 2 aromatic heterocycles. The van der Waals surface area contributed by atoms with Crippen molar-refractivity contribution < 1.29 is 70.9 Å². The zero-order valence-electron chi connectivity index (χ0n) is 45.3. The van der Waals surface area contributed by atoms with E-state index in [9.17, 15) is 4.79 Å². The zero-order chi connectivity index (χ0) is 53.4. The third-order valence-corrected chi connectivity index (χ3v) is 11.9. The van der Waals surface area contributed by atoms with Gasteiger partial charge >= 0.3 is 6.09 Å². The number of aryl methyl sites for hydroxylation is 4. The van der Waals surface area contributed by atoms with E-state index in [1.807, 2.05) is 46.8 Å². The number of fused-ring (bicyclic) bond motifs is 1. The molecule has 1 aliphatic heterocycles. The molecule has 1 atom stereocenters. The van der Waals surface area contributed by atoms with Gasteiger partial charge in [-0.25, -0.2) is 9.78 Å². The van der Waals surface area contributed by atoms with Gasteiger partial charge in [-0.05, 0) is 83.4 Å². The number of rotatable bonds is 41. The van der Waals surface area contributed by atoms with Crippen molar-refractivity contribution in [1.29, 1.82) is 0 Å². The molecule has 0 saturated carbocycles. The van der Waals surface area contributed by atoms with Gasteiger partial charge in [0.05, 0.1) is 167 Å². The average molecular weight is 1080 g/mol. The normalized spacial score (nSPS) is 13.7. The van der Waals surface area contributed by atoms with Gasteiger partial charge in [0.1, 0.15) is 29.5 Å². The third-order valence-electron chi connectivity index (χ3n) is 11.6. The molecule has 1 fully saturated rings. The summed E-state index contributed by atoms with van der Waals surface area (Å²) in [4.78, 5) is 19.2. The second-order valence-electron chi connectivity index (χ2n) is 18.7. The van der Waals surface area contributed by atoms with Crippen molar-refractivity contribution in [1.82, 2.24) is 24.9 Å². The van der Waals surface area contributed by atoms with Gasteiger partial charge in [-0.2, -0.15) is 0 Å². The number of halogens is 1. The minimum atomic E-state index is -0.521. The fourth-order valence-corrected chi connectivity index (χ4v) is 8.18. The fraction of sp³-hybridized carbons (Fsp3) is 0.685. The summed E-state index contributed by atoms with van der Waals surface area (Å²) in [5.41, 5.74) is 5.61. The van der Waals surface area contributed by atoms with Crippen LogP contribution >= 0.6 is 11.6 Å². The van der Waals surface area contributed by atoms with Crippen LogP contribution in [0.2, 0.25) is 5.02 Å². The SMILES string of the molecule is Cc1noc(C)c1-c1ccc2c(c1)nc(CCc1ccc(OCCOCCOCCOCCOCCOCCOCCOCCOCCOCCOCCNC(=O)OC(C)(C)C)c(Cl)c1)n2C[C@H](C)N1CCOCC1. The molecular weight excluding hydrogens is 994 g/mol. The zero-order valence-corrected chi connectivity index (χ0v) is 46.1. The number of hydrogen-bond acceptors (Lipinski definition) is 18. The molecule has 0 aliphatic carbocycles. The minimum Gasteiger partial charge on any atom is -0.490 e. The highest BCUT2D eigenvalue weighted by Gasteiger charge is 2.22. The Balaban J connectivity index is 0.787. The topological polar surface area (TPSA) is 196 Å². The molecule has 0 spiro atoms. The van der Waals surface area contributed by atoms with Gasteiger partial charge in [0, 0.05) is 44.2 Å². The molecule has 3 heterocycles. The number of ether oxygens (including phenoxy) is 13. The van der Waals surface area contributed by atoms with Gasteiger partial charge in [-0.15, -0.1) is 0 Å². The lowest BCUT2D eigenvalue weighted by Gasteiger charge is -2.32. The summed E-state index contributed by atoms with van der Waals surface area (Å²) in [6.07, 6.45) is 1.08. The monoisotopic (exact) mass is 1080 g/mol. The van der Waals surface area contributed by atoms with Crippen molar-refractivity contribution in [3.63, 3.8) is 0 Å². The summed E-state index contributed by atoms with van der Waals surface area (Å²) < 4.78 is 80.0. The molecule has 1 saturated heterocycles. The predicted molar refractivity (Wildman–Crippen MR) is 283 cm³/mol. The maximum Gasteiger partial charge on any atom is 0.407 e. The summed E-state index contributed by atoms with van der Waals surface area (Å²) in [7, 11) is 0. The van der Waals surface area contributed by atoms with Crippen LogP contribution in [0.15, 0.2) is 40.9 Å². The van der Waals surface area contributed by atoms with E-state index in [-0.39, 0.29) is 0 Å². The molecule has 21 heteroatoms. The Hall–Kier alpha value is -4.00. The number of imidazole rings is 1. The molecule has 5 rings (SSSR count). The highest BCUT2D eigenvalue weighted by atomic mass is 35.5. The first-order valence-corrected chi connectivity index (χ1v) is 26.8. The maximum atomic E-state index is 11.6. The molecule has 4 aromatic rings. The van der Waals surface area contributed by atoms with Gasteiger partial charge in [-0.3, -0.25) is 4.90 Å². The molecular formula is C54H84ClN5O15. The number of amides is 1. The van der Waals surface area contributed by atoms with E-state index < -0.39 is 11.7 Å². The summed E-state index contributed by atoms with van der Waals surface area (Å²) in [6.45, 7) is 25.8. The number of nitrogens with one attached hydrogen (secondary N) is 1. The smallest absolute Gasteiger partial charge is 0.407 e. The first-order valence-electron chi connectivity index (χ1n) is 26.4. The molecule has 1 amide bonds. The number of aromatic nitrogens is 3. The molecule has 0 bridgehead atoms. The number of benzene rings is 2. The Morgan fingerprint density at radius 3 is 1.67 bits per heavy atom. The van der Waals surface area contributed by atoms with Crippen molar-refractivity contribution in [3.05, 3.63) is 64.3 Å². The molecule has 1 aliphatic rings. The Labute approximate surface area is 448 Å². The van der Waals surface area contributed by atoms with Crippen LogP contribution in [-0.4, -0.2) is 209 Å². The van der Waals surface area contributed by atoms with Crippen molar-refractivity contribution in [2.75, 3.05) is 172 Å². The highest BCUT2D eigenvalue weighted by molar-refractivity contribution is 6.32. The van der Waals surface area contributed by atoms with Gasteiger partial charge in [0.15, 0.2) is 0 Å². The van der Waals surface area contributed by atoms with Crippen molar-refractivity contribution in [3.8, 4) is 16.9 Å². The number of hydrogen-bond donors (Lipinski definition) is 1. The molecule has 20 nitrogen and oxygen atoms in total. The molecule has 422 valence electrons. The lowest BCUT2D eigenvalue weighted by atomic mass is 10.0. The fourth-order valence-electron chi connectivity index (χ4n) is 7.93. The second-order valence-corrected chi connectivity index (χ2v) is 19.1. The van der Waals surface area contributed by atoms with Gasteiger partial charge in [0.25, 0.3) is 0 Å².